The van der Waals surface area contributed by atoms with Crippen LogP contribution in [0, 0.1) is 0 Å². The molecule has 0 aliphatic carbocycles. The smallest absolute Gasteiger partial charge is 0.416 e. The maximum Gasteiger partial charge on any atom is 0.416 e. The van der Waals surface area contributed by atoms with Crippen LogP contribution in [-0.2, 0) is 15.7 Å². The van der Waals surface area contributed by atoms with Gasteiger partial charge < -0.3 is 9.64 Å². The third kappa shape index (κ3) is 5.11. The van der Waals surface area contributed by atoms with Crippen molar-refractivity contribution < 1.29 is 27.5 Å². The topological polar surface area (TPSA) is 65.5 Å². The van der Waals surface area contributed by atoms with E-state index in [-0.39, 0.29) is 19.0 Å². The SMILES string of the molecule is COC(=O)N(C)C1(C)CN(CC(=O)N(C)c2ccc(C(F)(F)F)cc2)N=C1c1ccc(Cl)cc1. The minimum absolute atomic E-state index is 0.154. The second-order valence-corrected chi connectivity index (χ2v) is 8.51. The van der Waals surface area contributed by atoms with Gasteiger partial charge in [-0.05, 0) is 43.3 Å². The Hall–Kier alpha value is -3.27. The third-order valence-corrected chi connectivity index (χ3v) is 6.07. The molecule has 0 saturated heterocycles. The van der Waals surface area contributed by atoms with Gasteiger partial charge in [-0.3, -0.25) is 14.7 Å². The van der Waals surface area contributed by atoms with Crippen molar-refractivity contribution in [2.45, 2.75) is 18.6 Å². The Morgan fingerprint density at radius 2 is 1.71 bits per heavy atom. The average molecular weight is 497 g/mol. The van der Waals surface area contributed by atoms with Gasteiger partial charge in [-0.15, -0.1) is 0 Å². The lowest BCUT2D eigenvalue weighted by atomic mass is 9.90. The minimum atomic E-state index is -4.46. The highest BCUT2D eigenvalue weighted by Gasteiger charge is 2.45. The van der Waals surface area contributed by atoms with E-state index in [9.17, 15) is 22.8 Å². The molecule has 2 amide bonds. The molecule has 1 aliphatic rings. The van der Waals surface area contributed by atoms with Crippen LogP contribution >= 0.6 is 11.6 Å². The highest BCUT2D eigenvalue weighted by atomic mass is 35.5. The first-order chi connectivity index (χ1) is 15.9. The molecule has 1 unspecified atom stereocenters. The van der Waals surface area contributed by atoms with Crippen LogP contribution in [0.4, 0.5) is 23.7 Å². The number of hydrazone groups is 1. The zero-order valence-electron chi connectivity index (χ0n) is 19.1. The maximum absolute atomic E-state index is 12.9. The molecule has 0 fully saturated rings. The summed E-state index contributed by atoms with van der Waals surface area (Å²) >= 11 is 6.00. The predicted molar refractivity (Wildman–Crippen MR) is 123 cm³/mol. The van der Waals surface area contributed by atoms with E-state index in [4.69, 9.17) is 16.3 Å². The molecule has 1 aliphatic heterocycles. The molecule has 34 heavy (non-hydrogen) atoms. The zero-order valence-corrected chi connectivity index (χ0v) is 19.8. The van der Waals surface area contributed by atoms with Gasteiger partial charge in [0.25, 0.3) is 0 Å². The van der Waals surface area contributed by atoms with E-state index in [1.165, 1.54) is 41.1 Å². The molecule has 0 bridgehead atoms. The van der Waals surface area contributed by atoms with E-state index in [0.717, 1.165) is 12.1 Å². The number of alkyl halides is 3. The van der Waals surface area contributed by atoms with Crippen LogP contribution in [0.25, 0.3) is 0 Å². The molecule has 3 rings (SSSR count). The lowest BCUT2D eigenvalue weighted by Crippen LogP contribution is -2.55. The van der Waals surface area contributed by atoms with Crippen molar-refractivity contribution in [2.75, 3.05) is 39.2 Å². The molecule has 0 aromatic heterocycles. The number of likely N-dealkylation sites (N-methyl/N-ethyl adjacent to an activating group) is 2. The summed E-state index contributed by atoms with van der Waals surface area (Å²) in [5.74, 6) is -0.385. The van der Waals surface area contributed by atoms with E-state index in [0.29, 0.717) is 22.0 Å². The number of methoxy groups -OCH3 is 1. The number of ether oxygens (including phenoxy) is 1. The molecule has 0 radical (unpaired) electrons. The van der Waals surface area contributed by atoms with E-state index in [1.807, 2.05) is 0 Å². The van der Waals surface area contributed by atoms with Crippen LogP contribution in [-0.4, -0.2) is 67.5 Å². The highest BCUT2D eigenvalue weighted by molar-refractivity contribution is 6.30. The largest absolute Gasteiger partial charge is 0.453 e. The van der Waals surface area contributed by atoms with Gasteiger partial charge in [-0.1, -0.05) is 23.7 Å². The minimum Gasteiger partial charge on any atom is -0.453 e. The maximum atomic E-state index is 12.9. The highest BCUT2D eigenvalue weighted by Crippen LogP contribution is 2.31. The quantitative estimate of drug-likeness (QED) is 0.611. The summed E-state index contributed by atoms with van der Waals surface area (Å²) in [4.78, 5) is 27.9. The molecule has 0 N–H and O–H groups in total. The van der Waals surface area contributed by atoms with Crippen molar-refractivity contribution in [1.29, 1.82) is 0 Å². The predicted octanol–water partition coefficient (Wildman–Crippen LogP) is 4.50. The number of carbonyl (C=O) groups excluding carboxylic acids is 2. The van der Waals surface area contributed by atoms with Crippen molar-refractivity contribution in [3.05, 3.63) is 64.7 Å². The van der Waals surface area contributed by atoms with Gasteiger partial charge in [-0.2, -0.15) is 18.3 Å². The number of nitrogens with zero attached hydrogens (tertiary/aromatic N) is 4. The number of benzene rings is 2. The number of halogens is 4. The monoisotopic (exact) mass is 496 g/mol. The lowest BCUT2D eigenvalue weighted by molar-refractivity contribution is -0.137. The fourth-order valence-corrected chi connectivity index (χ4v) is 3.79. The third-order valence-electron chi connectivity index (χ3n) is 5.82. The van der Waals surface area contributed by atoms with Crippen molar-refractivity contribution in [3.63, 3.8) is 0 Å². The lowest BCUT2D eigenvalue weighted by Gasteiger charge is -2.35. The average Bonchev–Trinajstić information content (AvgIpc) is 3.14. The van der Waals surface area contributed by atoms with Crippen LogP contribution in [0.15, 0.2) is 53.6 Å². The molecule has 11 heteroatoms. The number of rotatable bonds is 5. The van der Waals surface area contributed by atoms with E-state index >= 15 is 0 Å². The van der Waals surface area contributed by atoms with Crippen molar-refractivity contribution in [2.24, 2.45) is 5.10 Å². The Kier molecular flexibility index (Phi) is 7.11. The van der Waals surface area contributed by atoms with E-state index in [1.54, 1.807) is 38.2 Å². The summed E-state index contributed by atoms with van der Waals surface area (Å²) in [7, 11) is 4.33. The Bertz CT molecular complexity index is 1090. The number of hydrogen-bond acceptors (Lipinski definition) is 5. The van der Waals surface area contributed by atoms with Crippen LogP contribution in [0.1, 0.15) is 18.1 Å². The first-order valence-electron chi connectivity index (χ1n) is 10.2. The molecule has 0 saturated carbocycles. The molecule has 182 valence electrons. The Labute approximate surface area is 200 Å². The van der Waals surface area contributed by atoms with Gasteiger partial charge in [0.05, 0.1) is 24.9 Å². The van der Waals surface area contributed by atoms with Crippen molar-refractivity contribution in [1.82, 2.24) is 9.91 Å². The Balaban J connectivity index is 1.84. The van der Waals surface area contributed by atoms with Crippen LogP contribution in [0.5, 0.6) is 0 Å². The first-order valence-corrected chi connectivity index (χ1v) is 10.6. The standard InChI is InChI=1S/C23H24ClF3N4O3/c1-22(30(3)21(33)34-4)14-31(28-20(22)15-5-9-17(24)10-6-15)13-19(32)29(2)18-11-7-16(8-12-18)23(25,26)27/h5-12H,13-14H2,1-4H3. The van der Waals surface area contributed by atoms with E-state index in [2.05, 4.69) is 5.10 Å². The fraction of sp³-hybridized carbons (Fsp3) is 0.348. The molecular formula is C23H24ClF3N4O3. The van der Waals surface area contributed by atoms with Gasteiger partial charge >= 0.3 is 12.3 Å². The second kappa shape index (κ2) is 9.54. The van der Waals surface area contributed by atoms with Crippen molar-refractivity contribution >= 4 is 35.0 Å². The number of hydrogen-bond donors (Lipinski definition) is 0. The van der Waals surface area contributed by atoms with Gasteiger partial charge in [0.15, 0.2) is 0 Å². The van der Waals surface area contributed by atoms with Gasteiger partial charge in [0.1, 0.15) is 12.1 Å². The summed E-state index contributed by atoms with van der Waals surface area (Å²) in [5.41, 5.74) is -0.145. The van der Waals surface area contributed by atoms with Crippen molar-refractivity contribution in [3.8, 4) is 0 Å². The molecule has 1 atom stereocenters. The summed E-state index contributed by atoms with van der Waals surface area (Å²) in [6, 6.07) is 11.3. The Morgan fingerprint density at radius 1 is 1.12 bits per heavy atom. The molecule has 0 spiro atoms. The zero-order chi connectivity index (χ0) is 25.3. The Morgan fingerprint density at radius 3 is 2.24 bits per heavy atom. The number of amides is 2. The normalized spacial score (nSPS) is 17.9. The van der Waals surface area contributed by atoms with Gasteiger partial charge in [-0.25, -0.2) is 4.79 Å². The van der Waals surface area contributed by atoms with Crippen LogP contribution in [0.3, 0.4) is 0 Å². The summed E-state index contributed by atoms with van der Waals surface area (Å²) in [6.45, 7) is 1.85. The van der Waals surface area contributed by atoms with Crippen LogP contribution < -0.4 is 4.90 Å². The molecule has 1 heterocycles. The summed E-state index contributed by atoms with van der Waals surface area (Å²) in [6.07, 6.45) is -5.03. The van der Waals surface area contributed by atoms with Crippen LogP contribution in [0.2, 0.25) is 5.02 Å². The first kappa shape index (κ1) is 25.4. The van der Waals surface area contributed by atoms with E-state index < -0.39 is 23.4 Å². The summed E-state index contributed by atoms with van der Waals surface area (Å²) < 4.78 is 43.3. The molecule has 7 nitrogen and oxygen atoms in total. The molecule has 2 aromatic carbocycles. The number of anilines is 1. The van der Waals surface area contributed by atoms with Gasteiger partial charge in [0.2, 0.25) is 5.91 Å². The summed E-state index contributed by atoms with van der Waals surface area (Å²) in [5, 5.41) is 6.66. The second-order valence-electron chi connectivity index (χ2n) is 8.08. The molecular weight excluding hydrogens is 473 g/mol. The van der Waals surface area contributed by atoms with Gasteiger partial charge in [0, 0.05) is 30.4 Å². The molecule has 2 aromatic rings. The number of carbonyl (C=O) groups is 2. The fourth-order valence-electron chi connectivity index (χ4n) is 3.67.